The van der Waals surface area contributed by atoms with E-state index in [0.29, 0.717) is 34.4 Å². The lowest BCUT2D eigenvalue weighted by Crippen LogP contribution is -2.40. The summed E-state index contributed by atoms with van der Waals surface area (Å²) in [5, 5.41) is 0.508. The predicted octanol–water partition coefficient (Wildman–Crippen LogP) is 1.70. The van der Waals surface area contributed by atoms with Crippen LogP contribution in [0.4, 0.5) is 5.69 Å². The molecule has 0 aromatic heterocycles. The third-order valence-electron chi connectivity index (χ3n) is 3.55. The summed E-state index contributed by atoms with van der Waals surface area (Å²) in [6, 6.07) is 4.91. The normalized spacial score (nSPS) is 22.1. The van der Waals surface area contributed by atoms with Crippen molar-refractivity contribution in [3.63, 3.8) is 0 Å². The van der Waals surface area contributed by atoms with Gasteiger partial charge in [-0.25, -0.2) is 12.7 Å². The molecule has 1 aliphatic rings. The summed E-state index contributed by atoms with van der Waals surface area (Å²) in [6.07, 6.45) is 2.89. The first-order valence-corrected chi connectivity index (χ1v) is 10.2. The molecule has 1 aromatic carbocycles. The first-order chi connectivity index (χ1) is 9.77. The number of anilines is 1. The Labute approximate surface area is 133 Å². The van der Waals surface area contributed by atoms with Gasteiger partial charge >= 0.3 is 0 Å². The highest BCUT2D eigenvalue weighted by atomic mass is 35.5. The van der Waals surface area contributed by atoms with Gasteiger partial charge < -0.3 is 5.73 Å². The number of sulfonamides is 1. The molecule has 0 bridgehead atoms. The Bertz CT molecular complexity index is 649. The van der Waals surface area contributed by atoms with Crippen molar-refractivity contribution in [2.24, 2.45) is 5.92 Å². The Morgan fingerprint density at radius 1 is 1.48 bits per heavy atom. The smallest absolute Gasteiger partial charge is 0.211 e. The fourth-order valence-electron chi connectivity index (χ4n) is 2.49. The van der Waals surface area contributed by atoms with Gasteiger partial charge in [0.15, 0.2) is 0 Å². The van der Waals surface area contributed by atoms with Gasteiger partial charge in [0.05, 0.1) is 22.0 Å². The summed E-state index contributed by atoms with van der Waals surface area (Å²) < 4.78 is 37.1. The highest BCUT2D eigenvalue weighted by molar-refractivity contribution is 7.88. The van der Waals surface area contributed by atoms with Crippen molar-refractivity contribution in [2.45, 2.75) is 17.7 Å². The molecule has 2 N–H and O–H groups in total. The number of nitrogens with zero attached hydrogens (tertiary/aromatic N) is 1. The Hall–Kier alpha value is -0.630. The summed E-state index contributed by atoms with van der Waals surface area (Å²) in [4.78, 5) is 0.566. The maximum Gasteiger partial charge on any atom is 0.211 e. The predicted molar refractivity (Wildman–Crippen MR) is 86.3 cm³/mol. The quantitative estimate of drug-likeness (QED) is 0.838. The second-order valence-electron chi connectivity index (χ2n) is 5.32. The van der Waals surface area contributed by atoms with Gasteiger partial charge in [-0.05, 0) is 37.0 Å². The maximum absolute atomic E-state index is 12.4. The van der Waals surface area contributed by atoms with Crippen molar-refractivity contribution in [1.82, 2.24) is 4.31 Å². The van der Waals surface area contributed by atoms with E-state index < -0.39 is 20.8 Å². The van der Waals surface area contributed by atoms with Gasteiger partial charge in [-0.1, -0.05) is 11.6 Å². The highest BCUT2D eigenvalue weighted by Gasteiger charge is 2.27. The number of rotatable bonds is 4. The van der Waals surface area contributed by atoms with E-state index in [9.17, 15) is 12.6 Å². The Kier molecular flexibility index (Phi) is 5.29. The third-order valence-corrected chi connectivity index (χ3v) is 6.70. The van der Waals surface area contributed by atoms with Crippen LogP contribution in [-0.4, -0.2) is 42.0 Å². The van der Waals surface area contributed by atoms with Crippen LogP contribution in [0.15, 0.2) is 23.1 Å². The average Bonchev–Trinajstić information content (AvgIpc) is 2.37. The van der Waals surface area contributed by atoms with E-state index >= 15 is 0 Å². The van der Waals surface area contributed by atoms with Crippen molar-refractivity contribution in [3.8, 4) is 0 Å². The first-order valence-electron chi connectivity index (χ1n) is 6.66. The van der Waals surface area contributed by atoms with E-state index in [1.165, 1.54) is 10.6 Å². The lowest BCUT2D eigenvalue weighted by molar-refractivity contribution is 0.285. The second kappa shape index (κ2) is 6.64. The zero-order valence-corrected chi connectivity index (χ0v) is 14.2. The number of piperidine rings is 1. The minimum atomic E-state index is -3.18. The highest BCUT2D eigenvalue weighted by Crippen LogP contribution is 2.25. The maximum atomic E-state index is 12.4. The molecule has 1 heterocycles. The molecule has 1 aromatic rings. The number of hydrogen-bond acceptors (Lipinski definition) is 4. The van der Waals surface area contributed by atoms with Gasteiger partial charge in [-0.3, -0.25) is 4.21 Å². The molecule has 5 nitrogen and oxygen atoms in total. The standard InChI is InChI=1S/C13H19ClN2O3S2/c1-21(18,19)16-6-2-3-10(8-16)9-20(17)13-5-4-11(14)7-12(13)15/h4-5,7,10H,2-3,6,8-9,15H2,1H3. The number of benzene rings is 1. The third kappa shape index (κ3) is 4.42. The van der Waals surface area contributed by atoms with Crippen LogP contribution in [0, 0.1) is 5.92 Å². The summed E-state index contributed by atoms with van der Waals surface area (Å²) in [6.45, 7) is 0.975. The van der Waals surface area contributed by atoms with Crippen LogP contribution in [0.2, 0.25) is 5.02 Å². The zero-order valence-electron chi connectivity index (χ0n) is 11.8. The van der Waals surface area contributed by atoms with E-state index in [1.807, 2.05) is 0 Å². The van der Waals surface area contributed by atoms with Gasteiger partial charge in [-0.2, -0.15) is 0 Å². The fraction of sp³-hybridized carbons (Fsp3) is 0.538. The van der Waals surface area contributed by atoms with Crippen molar-refractivity contribution in [1.29, 1.82) is 0 Å². The molecule has 2 atom stereocenters. The number of hydrogen-bond donors (Lipinski definition) is 1. The van der Waals surface area contributed by atoms with Crippen LogP contribution in [0.3, 0.4) is 0 Å². The zero-order chi connectivity index (χ0) is 15.6. The SMILES string of the molecule is CS(=O)(=O)N1CCCC(CS(=O)c2ccc(Cl)cc2N)C1. The van der Waals surface area contributed by atoms with Gasteiger partial charge in [0.25, 0.3) is 0 Å². The molecule has 1 fully saturated rings. The Morgan fingerprint density at radius 2 is 2.19 bits per heavy atom. The van der Waals surface area contributed by atoms with Gasteiger partial charge in [0.2, 0.25) is 10.0 Å². The molecule has 2 unspecified atom stereocenters. The number of halogens is 1. The average molecular weight is 351 g/mol. The monoisotopic (exact) mass is 350 g/mol. The fourth-order valence-corrected chi connectivity index (χ4v) is 5.04. The largest absolute Gasteiger partial charge is 0.398 e. The Morgan fingerprint density at radius 3 is 2.81 bits per heavy atom. The Balaban J connectivity index is 2.05. The van der Waals surface area contributed by atoms with Crippen molar-refractivity contribution in [2.75, 3.05) is 30.8 Å². The van der Waals surface area contributed by atoms with Crippen molar-refractivity contribution in [3.05, 3.63) is 23.2 Å². The van der Waals surface area contributed by atoms with E-state index in [2.05, 4.69) is 0 Å². The molecule has 0 aliphatic carbocycles. The second-order valence-corrected chi connectivity index (χ2v) is 9.21. The lowest BCUT2D eigenvalue weighted by Gasteiger charge is -2.30. The van der Waals surface area contributed by atoms with Crippen LogP contribution in [-0.2, 0) is 20.8 Å². The van der Waals surface area contributed by atoms with E-state index in [0.717, 1.165) is 12.8 Å². The van der Waals surface area contributed by atoms with Crippen LogP contribution >= 0.6 is 11.6 Å². The molecule has 0 saturated carbocycles. The molecule has 2 rings (SSSR count). The van der Waals surface area contributed by atoms with Gasteiger partial charge in [0.1, 0.15) is 0 Å². The lowest BCUT2D eigenvalue weighted by atomic mass is 10.0. The molecule has 0 spiro atoms. The molecule has 1 saturated heterocycles. The topological polar surface area (TPSA) is 80.5 Å². The van der Waals surface area contributed by atoms with Gasteiger partial charge in [0, 0.05) is 29.6 Å². The minimum Gasteiger partial charge on any atom is -0.398 e. The molecular formula is C13H19ClN2O3S2. The first kappa shape index (κ1) is 16.7. The minimum absolute atomic E-state index is 0.0874. The van der Waals surface area contributed by atoms with Crippen LogP contribution < -0.4 is 5.73 Å². The molecule has 8 heteroatoms. The molecule has 0 radical (unpaired) electrons. The van der Waals surface area contributed by atoms with Crippen molar-refractivity contribution < 1.29 is 12.6 Å². The number of nitrogens with two attached hydrogens (primary N) is 1. The number of nitrogen functional groups attached to an aromatic ring is 1. The molecule has 0 amide bonds. The summed E-state index contributed by atoms with van der Waals surface area (Å²) in [7, 11) is -4.43. The molecule has 21 heavy (non-hydrogen) atoms. The summed E-state index contributed by atoms with van der Waals surface area (Å²) in [5.41, 5.74) is 6.25. The van der Waals surface area contributed by atoms with Crippen LogP contribution in [0.5, 0.6) is 0 Å². The van der Waals surface area contributed by atoms with Crippen molar-refractivity contribution >= 4 is 38.1 Å². The van der Waals surface area contributed by atoms with Crippen LogP contribution in [0.25, 0.3) is 0 Å². The molecule has 118 valence electrons. The molecular weight excluding hydrogens is 332 g/mol. The van der Waals surface area contributed by atoms with E-state index in [-0.39, 0.29) is 5.92 Å². The van der Waals surface area contributed by atoms with Crippen LogP contribution in [0.1, 0.15) is 12.8 Å². The summed E-state index contributed by atoms with van der Waals surface area (Å²) in [5.74, 6) is 0.502. The summed E-state index contributed by atoms with van der Waals surface area (Å²) >= 11 is 5.83. The van der Waals surface area contributed by atoms with E-state index in [1.54, 1.807) is 18.2 Å². The van der Waals surface area contributed by atoms with Gasteiger partial charge in [-0.15, -0.1) is 0 Å². The molecule has 1 aliphatic heterocycles. The van der Waals surface area contributed by atoms with E-state index in [4.69, 9.17) is 17.3 Å².